The number of rotatable bonds is 48. The molecule has 0 rings (SSSR count). The Balaban J connectivity index is 4.18. The summed E-state index contributed by atoms with van der Waals surface area (Å²) in [4.78, 5) is 37.1. The first-order chi connectivity index (χ1) is 31.1. The maximum absolute atomic E-state index is 12.8. The molecule has 0 aromatic heterocycles. The van der Waals surface area contributed by atoms with E-state index in [-0.39, 0.29) is 42.7 Å². The van der Waals surface area contributed by atoms with Crippen LogP contribution in [-0.2, 0) is 28.6 Å². The fourth-order valence-electron chi connectivity index (χ4n) is 7.85. The van der Waals surface area contributed by atoms with Gasteiger partial charge in [0.05, 0.1) is 40.3 Å². The van der Waals surface area contributed by atoms with Crippen LogP contribution < -0.4 is 5.11 Å². The van der Waals surface area contributed by atoms with E-state index in [4.69, 9.17) is 14.2 Å². The smallest absolute Gasteiger partial charge is 0.306 e. The van der Waals surface area contributed by atoms with Crippen molar-refractivity contribution in [2.45, 2.75) is 251 Å². The second-order valence-electron chi connectivity index (χ2n) is 19.1. The van der Waals surface area contributed by atoms with Gasteiger partial charge in [0.2, 0.25) is 0 Å². The minimum Gasteiger partial charge on any atom is -0.544 e. The molecule has 0 spiro atoms. The molecule has 0 N–H and O–H groups in total. The molecule has 0 aromatic rings. The van der Waals surface area contributed by atoms with Crippen LogP contribution in [0.2, 0.25) is 0 Å². The number of carboxylic acid groups (broad SMARTS) is 1. The Labute approximate surface area is 395 Å². The van der Waals surface area contributed by atoms with Crippen molar-refractivity contribution in [2.75, 3.05) is 41.0 Å². The molecule has 0 aliphatic carbocycles. The first-order valence-corrected chi connectivity index (χ1v) is 26.7. The Bertz CT molecular complexity index is 1190. The first kappa shape index (κ1) is 61.3. The summed E-state index contributed by atoms with van der Waals surface area (Å²) in [5.41, 5.74) is 0. The summed E-state index contributed by atoms with van der Waals surface area (Å²) in [6.07, 6.45) is 57.1. The van der Waals surface area contributed by atoms with Crippen molar-refractivity contribution in [1.82, 2.24) is 0 Å². The Hall–Kier alpha value is -2.71. The minimum atomic E-state index is -1.12. The molecule has 372 valence electrons. The summed E-state index contributed by atoms with van der Waals surface area (Å²) in [7, 11) is 5.42. The van der Waals surface area contributed by atoms with Gasteiger partial charge < -0.3 is 28.6 Å². The van der Waals surface area contributed by atoms with Crippen molar-refractivity contribution >= 4 is 17.9 Å². The fourth-order valence-corrected chi connectivity index (χ4v) is 7.85. The van der Waals surface area contributed by atoms with Crippen molar-refractivity contribution in [2.24, 2.45) is 0 Å². The summed E-state index contributed by atoms with van der Waals surface area (Å²) in [6, 6.07) is -0.727. The van der Waals surface area contributed by atoms with Crippen LogP contribution in [0, 0.1) is 0 Å². The predicted molar refractivity (Wildman–Crippen MR) is 268 cm³/mol. The lowest BCUT2D eigenvalue weighted by Crippen LogP contribution is -2.55. The van der Waals surface area contributed by atoms with Gasteiger partial charge in [-0.25, -0.2) is 0 Å². The molecule has 0 aliphatic rings. The van der Waals surface area contributed by atoms with E-state index in [0.29, 0.717) is 12.8 Å². The molecule has 2 atom stereocenters. The van der Waals surface area contributed by atoms with Crippen molar-refractivity contribution in [1.29, 1.82) is 0 Å². The number of nitrogens with zero attached hydrogens (tertiary/aromatic N) is 1. The number of quaternary nitrogens is 1. The highest BCUT2D eigenvalue weighted by atomic mass is 16.6. The van der Waals surface area contributed by atoms with E-state index in [1.165, 1.54) is 148 Å². The molecule has 0 aromatic carbocycles. The number of carboxylic acids is 1. The zero-order valence-corrected chi connectivity index (χ0v) is 42.4. The number of likely N-dealkylation sites (N-methyl/N-ethyl adjacent to an activating group) is 1. The molecule has 0 fully saturated rings. The zero-order valence-electron chi connectivity index (χ0n) is 42.4. The van der Waals surface area contributed by atoms with E-state index in [0.717, 1.165) is 57.8 Å². The highest BCUT2D eigenvalue weighted by Crippen LogP contribution is 2.16. The quantitative estimate of drug-likeness (QED) is 0.0259. The van der Waals surface area contributed by atoms with Gasteiger partial charge in [0.25, 0.3) is 0 Å². The number of unbranched alkanes of at least 4 members (excludes halogenated alkanes) is 26. The molecule has 0 bridgehead atoms. The SMILES string of the molecule is CC/C=C/C/C=C/C/C=C/CCCCCCCCCCCCCCCC(=O)OCC(COCCC(C(=O)[O-])[N+](C)(C)C)OC(=O)CCCCCCCCC/C=C/CCCCCCCC. The third kappa shape index (κ3) is 44.5. The topological polar surface area (TPSA) is 102 Å². The first-order valence-electron chi connectivity index (χ1n) is 26.7. The maximum Gasteiger partial charge on any atom is 0.306 e. The van der Waals surface area contributed by atoms with Crippen LogP contribution in [0.3, 0.4) is 0 Å². The third-order valence-electron chi connectivity index (χ3n) is 11.9. The number of allylic oxidation sites excluding steroid dienone is 8. The minimum absolute atomic E-state index is 0.0401. The normalized spacial score (nSPS) is 13.2. The van der Waals surface area contributed by atoms with Crippen LogP contribution in [-0.4, -0.2) is 75.5 Å². The van der Waals surface area contributed by atoms with Crippen LogP contribution in [0.25, 0.3) is 0 Å². The second-order valence-corrected chi connectivity index (χ2v) is 19.1. The average Bonchev–Trinajstić information content (AvgIpc) is 3.26. The molecular formula is C56H101NO7. The summed E-state index contributed by atoms with van der Waals surface area (Å²) in [6.45, 7) is 4.57. The Kier molecular flexibility index (Phi) is 44.8. The zero-order chi connectivity index (χ0) is 47.0. The summed E-state index contributed by atoms with van der Waals surface area (Å²) >= 11 is 0. The van der Waals surface area contributed by atoms with E-state index < -0.39 is 18.1 Å². The van der Waals surface area contributed by atoms with E-state index in [1.54, 1.807) is 21.1 Å². The lowest BCUT2D eigenvalue weighted by molar-refractivity contribution is -0.889. The molecule has 0 saturated carbocycles. The number of hydrogen-bond donors (Lipinski definition) is 0. The van der Waals surface area contributed by atoms with Crippen LogP contribution >= 0.6 is 0 Å². The molecule has 2 unspecified atom stereocenters. The Morgan fingerprint density at radius 2 is 0.875 bits per heavy atom. The number of aliphatic carboxylic acids is 1. The highest BCUT2D eigenvalue weighted by molar-refractivity contribution is 5.70. The standard InChI is InChI=1S/C56H101NO7/c1-6-8-10-12-14-16-18-20-22-24-25-26-27-28-29-31-32-34-36-38-40-42-44-46-54(58)63-51-52(50-62-49-48-53(56(60)61)57(3,4)5)64-55(59)47-45-43-41-39-37-35-33-30-23-21-19-17-15-13-11-9-7-2/h8,10,14,16,20-23,52-53H,6-7,9,11-13,15,17-19,24-51H2,1-5H3/b10-8+,16-14+,22-20+,23-21+. The van der Waals surface area contributed by atoms with Gasteiger partial charge in [-0.3, -0.25) is 9.59 Å². The molecule has 0 aliphatic heterocycles. The van der Waals surface area contributed by atoms with E-state index in [9.17, 15) is 19.5 Å². The Morgan fingerprint density at radius 1 is 0.484 bits per heavy atom. The van der Waals surface area contributed by atoms with Gasteiger partial charge in [-0.2, -0.15) is 0 Å². The monoisotopic (exact) mass is 900 g/mol. The van der Waals surface area contributed by atoms with Crippen molar-refractivity contribution in [3.05, 3.63) is 48.6 Å². The summed E-state index contributed by atoms with van der Waals surface area (Å²) in [5, 5.41) is 11.7. The second kappa shape index (κ2) is 46.8. The van der Waals surface area contributed by atoms with Gasteiger partial charge in [0.15, 0.2) is 6.10 Å². The summed E-state index contributed by atoms with van der Waals surface area (Å²) < 4.78 is 17.3. The molecule has 0 amide bonds. The lowest BCUT2D eigenvalue weighted by Gasteiger charge is -2.34. The maximum atomic E-state index is 12.8. The van der Waals surface area contributed by atoms with Crippen molar-refractivity contribution in [3.63, 3.8) is 0 Å². The largest absolute Gasteiger partial charge is 0.544 e. The lowest BCUT2D eigenvalue weighted by atomic mass is 10.0. The Morgan fingerprint density at radius 3 is 1.31 bits per heavy atom. The van der Waals surface area contributed by atoms with Gasteiger partial charge in [-0.1, -0.05) is 197 Å². The van der Waals surface area contributed by atoms with E-state index >= 15 is 0 Å². The molecule has 64 heavy (non-hydrogen) atoms. The average molecular weight is 900 g/mol. The number of hydrogen-bond acceptors (Lipinski definition) is 7. The molecule has 0 saturated heterocycles. The van der Waals surface area contributed by atoms with Gasteiger partial charge in [-0.15, -0.1) is 0 Å². The molecule has 0 heterocycles. The number of carbonyl (C=O) groups is 3. The molecule has 8 heteroatoms. The van der Waals surface area contributed by atoms with Gasteiger partial charge in [0, 0.05) is 19.3 Å². The highest BCUT2D eigenvalue weighted by Gasteiger charge is 2.25. The van der Waals surface area contributed by atoms with Crippen molar-refractivity contribution < 1.29 is 38.2 Å². The summed E-state index contributed by atoms with van der Waals surface area (Å²) in [5.74, 6) is -1.73. The van der Waals surface area contributed by atoms with Crippen LogP contribution in [0.4, 0.5) is 0 Å². The number of ether oxygens (including phenoxy) is 3. The third-order valence-corrected chi connectivity index (χ3v) is 11.9. The van der Waals surface area contributed by atoms with Gasteiger partial charge in [0.1, 0.15) is 12.6 Å². The predicted octanol–water partition coefficient (Wildman–Crippen LogP) is 14.2. The fraction of sp³-hybridized carbons (Fsp3) is 0.804. The van der Waals surface area contributed by atoms with Crippen LogP contribution in [0.15, 0.2) is 48.6 Å². The van der Waals surface area contributed by atoms with Crippen molar-refractivity contribution in [3.8, 4) is 0 Å². The van der Waals surface area contributed by atoms with Crippen LogP contribution in [0.1, 0.15) is 239 Å². The van der Waals surface area contributed by atoms with Gasteiger partial charge in [-0.05, 0) is 70.6 Å². The molecule has 0 radical (unpaired) electrons. The number of esters is 2. The van der Waals surface area contributed by atoms with E-state index in [2.05, 4.69) is 62.5 Å². The number of carbonyl (C=O) groups excluding carboxylic acids is 3. The van der Waals surface area contributed by atoms with Gasteiger partial charge >= 0.3 is 11.9 Å². The molecule has 8 nitrogen and oxygen atoms in total. The van der Waals surface area contributed by atoms with Crippen LogP contribution in [0.5, 0.6) is 0 Å². The van der Waals surface area contributed by atoms with E-state index in [1.807, 2.05) is 0 Å². The molecular weight excluding hydrogens is 799 g/mol.